The highest BCUT2D eigenvalue weighted by molar-refractivity contribution is 7.11. The van der Waals surface area contributed by atoms with E-state index in [-0.39, 0.29) is 5.91 Å². The number of nitrogens with zero attached hydrogens (tertiary/aromatic N) is 2. The van der Waals surface area contributed by atoms with E-state index in [9.17, 15) is 4.79 Å². The fraction of sp³-hybridized carbons (Fsp3) is 0.579. The van der Waals surface area contributed by atoms with E-state index in [1.807, 2.05) is 28.4 Å². The summed E-state index contributed by atoms with van der Waals surface area (Å²) >= 11 is 1.93. The minimum atomic E-state index is 0.253. The highest BCUT2D eigenvalue weighted by atomic mass is 32.1. The predicted octanol–water partition coefficient (Wildman–Crippen LogP) is 3.95. The van der Waals surface area contributed by atoms with Gasteiger partial charge in [-0.25, -0.2) is 4.98 Å². The maximum absolute atomic E-state index is 12.4. The summed E-state index contributed by atoms with van der Waals surface area (Å²) in [5.41, 5.74) is 1.36. The highest BCUT2D eigenvalue weighted by Gasteiger charge is 2.27. The van der Waals surface area contributed by atoms with Gasteiger partial charge in [0.25, 0.3) is 0 Å². The van der Waals surface area contributed by atoms with Crippen LogP contribution in [0.5, 0.6) is 0 Å². The Kier molecular flexibility index (Phi) is 4.69. The lowest BCUT2D eigenvalue weighted by Crippen LogP contribution is -2.38. The number of amides is 1. The Hall–Kier alpha value is -1.62. The molecule has 1 fully saturated rings. The lowest BCUT2D eigenvalue weighted by atomic mass is 9.97. The third kappa shape index (κ3) is 3.41. The number of likely N-dealkylation sites (tertiary alicyclic amines) is 1. The molecule has 1 aliphatic heterocycles. The van der Waals surface area contributed by atoms with Gasteiger partial charge in [0.1, 0.15) is 5.76 Å². The van der Waals surface area contributed by atoms with Gasteiger partial charge in [0.15, 0.2) is 0 Å². The minimum absolute atomic E-state index is 0.253. The number of thiazole rings is 1. The Balaban J connectivity index is 1.30. The Morgan fingerprint density at radius 2 is 2.12 bits per heavy atom. The van der Waals surface area contributed by atoms with Gasteiger partial charge in [0, 0.05) is 36.7 Å². The van der Waals surface area contributed by atoms with Crippen molar-refractivity contribution >= 4 is 17.2 Å². The van der Waals surface area contributed by atoms with Crippen molar-refractivity contribution in [2.45, 2.75) is 57.3 Å². The molecule has 0 aromatic carbocycles. The molecule has 3 heterocycles. The number of piperidine rings is 1. The van der Waals surface area contributed by atoms with E-state index < -0.39 is 0 Å². The molecule has 0 N–H and O–H groups in total. The van der Waals surface area contributed by atoms with Crippen LogP contribution in [0.3, 0.4) is 0 Å². The maximum Gasteiger partial charge on any atom is 0.223 e. The predicted molar refractivity (Wildman–Crippen MR) is 94.3 cm³/mol. The van der Waals surface area contributed by atoms with Crippen LogP contribution < -0.4 is 0 Å². The summed E-state index contributed by atoms with van der Waals surface area (Å²) in [5, 5.41) is 1.32. The van der Waals surface area contributed by atoms with Crippen molar-refractivity contribution in [3.05, 3.63) is 39.7 Å². The first-order chi connectivity index (χ1) is 11.8. The van der Waals surface area contributed by atoms with Crippen molar-refractivity contribution < 1.29 is 9.21 Å². The number of hydrogen-bond acceptors (Lipinski definition) is 4. The molecule has 5 heteroatoms. The molecule has 2 aromatic rings. The molecule has 1 amide bonds. The molecule has 0 radical (unpaired) electrons. The Labute approximate surface area is 146 Å². The average Bonchev–Trinajstić information content (AvgIpc) is 3.29. The lowest BCUT2D eigenvalue weighted by Gasteiger charge is -2.31. The second-order valence-corrected chi connectivity index (χ2v) is 7.98. The highest BCUT2D eigenvalue weighted by Crippen LogP contribution is 2.35. The first kappa shape index (κ1) is 15.9. The van der Waals surface area contributed by atoms with E-state index >= 15 is 0 Å². The molecule has 1 saturated heterocycles. The van der Waals surface area contributed by atoms with Crippen LogP contribution in [0.1, 0.15) is 59.4 Å². The monoisotopic (exact) mass is 344 g/mol. The molecular formula is C19H24N2O2S. The van der Waals surface area contributed by atoms with Crippen molar-refractivity contribution in [2.75, 3.05) is 13.1 Å². The van der Waals surface area contributed by atoms with Gasteiger partial charge in [-0.15, -0.1) is 11.3 Å². The fourth-order valence-corrected chi connectivity index (χ4v) is 5.09. The first-order valence-electron chi connectivity index (χ1n) is 9.08. The average molecular weight is 344 g/mol. The number of hydrogen-bond donors (Lipinski definition) is 0. The third-order valence-corrected chi connectivity index (χ3v) is 6.54. The number of carbonyl (C=O) groups is 1. The first-order valence-corrected chi connectivity index (χ1v) is 9.90. The van der Waals surface area contributed by atoms with E-state index in [2.05, 4.69) is 0 Å². The standard InChI is InChI=1S/C19H24N2O2S/c22-18(8-7-15-4-3-13-23-15)21-11-9-14(10-12-21)19-20-16-5-1-2-6-17(16)24-19/h3-4,13-14H,1-2,5-12H2. The summed E-state index contributed by atoms with van der Waals surface area (Å²) in [6.07, 6.45) is 10.0. The molecule has 4 rings (SSSR count). The van der Waals surface area contributed by atoms with Crippen LogP contribution in [0, 0.1) is 0 Å². The van der Waals surface area contributed by atoms with Crippen LogP contribution in [0.25, 0.3) is 0 Å². The summed E-state index contributed by atoms with van der Waals surface area (Å²) in [5.74, 6) is 1.70. The molecule has 128 valence electrons. The summed E-state index contributed by atoms with van der Waals surface area (Å²) in [6.45, 7) is 1.73. The molecule has 0 spiro atoms. The van der Waals surface area contributed by atoms with Crippen LogP contribution >= 0.6 is 11.3 Å². The van der Waals surface area contributed by atoms with E-state index in [0.29, 0.717) is 18.8 Å². The second-order valence-electron chi connectivity index (χ2n) is 6.86. The number of rotatable bonds is 4. The number of fused-ring (bicyclic) bond motifs is 1. The zero-order valence-corrected chi connectivity index (χ0v) is 14.8. The summed E-state index contributed by atoms with van der Waals surface area (Å²) in [4.78, 5) is 20.8. The van der Waals surface area contributed by atoms with E-state index in [1.54, 1.807) is 6.26 Å². The number of furan rings is 1. The van der Waals surface area contributed by atoms with E-state index in [0.717, 1.165) is 38.1 Å². The van der Waals surface area contributed by atoms with Crippen LogP contribution in [0.4, 0.5) is 0 Å². The summed E-state index contributed by atoms with van der Waals surface area (Å²) < 4.78 is 5.31. The molecule has 1 aliphatic carbocycles. The van der Waals surface area contributed by atoms with Gasteiger partial charge >= 0.3 is 0 Å². The second kappa shape index (κ2) is 7.09. The number of carbonyl (C=O) groups excluding carboxylic acids is 1. The Morgan fingerprint density at radius 3 is 2.88 bits per heavy atom. The zero-order valence-electron chi connectivity index (χ0n) is 14.0. The lowest BCUT2D eigenvalue weighted by molar-refractivity contribution is -0.132. The van der Waals surface area contributed by atoms with Crippen LogP contribution in [-0.2, 0) is 24.1 Å². The molecular weight excluding hydrogens is 320 g/mol. The van der Waals surface area contributed by atoms with Crippen molar-refractivity contribution in [1.82, 2.24) is 9.88 Å². The molecule has 2 aliphatic rings. The van der Waals surface area contributed by atoms with Crippen molar-refractivity contribution in [1.29, 1.82) is 0 Å². The van der Waals surface area contributed by atoms with Gasteiger partial charge in [-0.2, -0.15) is 0 Å². The van der Waals surface area contributed by atoms with Gasteiger partial charge in [0.2, 0.25) is 5.91 Å². The van der Waals surface area contributed by atoms with Crippen molar-refractivity contribution in [3.63, 3.8) is 0 Å². The van der Waals surface area contributed by atoms with E-state index in [4.69, 9.17) is 9.40 Å². The topological polar surface area (TPSA) is 46.3 Å². The molecule has 0 unspecified atom stereocenters. The number of aromatic nitrogens is 1. The number of aryl methyl sites for hydroxylation is 3. The molecule has 0 bridgehead atoms. The fourth-order valence-electron chi connectivity index (χ4n) is 3.77. The summed E-state index contributed by atoms with van der Waals surface area (Å²) in [7, 11) is 0. The molecule has 0 saturated carbocycles. The molecule has 24 heavy (non-hydrogen) atoms. The zero-order chi connectivity index (χ0) is 16.4. The van der Waals surface area contributed by atoms with Gasteiger partial charge in [-0.3, -0.25) is 4.79 Å². The largest absolute Gasteiger partial charge is 0.469 e. The Morgan fingerprint density at radius 1 is 1.29 bits per heavy atom. The quantitative estimate of drug-likeness (QED) is 0.843. The van der Waals surface area contributed by atoms with Crippen LogP contribution in [0.2, 0.25) is 0 Å². The van der Waals surface area contributed by atoms with Crippen LogP contribution in [0.15, 0.2) is 22.8 Å². The van der Waals surface area contributed by atoms with Gasteiger partial charge in [0.05, 0.1) is 17.0 Å². The van der Waals surface area contributed by atoms with Gasteiger partial charge in [-0.1, -0.05) is 0 Å². The normalized spacial score (nSPS) is 18.6. The molecule has 2 aromatic heterocycles. The van der Waals surface area contributed by atoms with Gasteiger partial charge in [-0.05, 0) is 50.7 Å². The van der Waals surface area contributed by atoms with Crippen molar-refractivity contribution in [2.24, 2.45) is 0 Å². The third-order valence-electron chi connectivity index (χ3n) is 5.22. The van der Waals surface area contributed by atoms with Gasteiger partial charge < -0.3 is 9.32 Å². The SMILES string of the molecule is O=C(CCc1ccco1)N1CCC(c2nc3c(s2)CCCC3)CC1. The minimum Gasteiger partial charge on any atom is -0.469 e. The van der Waals surface area contributed by atoms with Crippen molar-refractivity contribution in [3.8, 4) is 0 Å². The maximum atomic E-state index is 12.4. The smallest absolute Gasteiger partial charge is 0.223 e. The molecule has 0 atom stereocenters. The van der Waals surface area contributed by atoms with Crippen LogP contribution in [-0.4, -0.2) is 28.9 Å². The summed E-state index contributed by atoms with van der Waals surface area (Å²) in [6, 6.07) is 3.81. The Bertz CT molecular complexity index is 661. The van der Waals surface area contributed by atoms with E-state index in [1.165, 1.54) is 34.8 Å². The molecule has 4 nitrogen and oxygen atoms in total.